The molecular weight excluding hydrogens is 448 g/mol. The van der Waals surface area contributed by atoms with E-state index in [1.165, 1.54) is 0 Å². The van der Waals surface area contributed by atoms with Crippen molar-refractivity contribution in [1.82, 2.24) is 4.90 Å². The third-order valence-corrected chi connectivity index (χ3v) is 6.85. The highest BCUT2D eigenvalue weighted by molar-refractivity contribution is 7.13. The van der Waals surface area contributed by atoms with Crippen molar-refractivity contribution in [1.29, 1.82) is 0 Å². The summed E-state index contributed by atoms with van der Waals surface area (Å²) in [5.74, 6) is -0.0588. The number of rotatable bonds is 6. The van der Waals surface area contributed by atoms with Gasteiger partial charge in [0.1, 0.15) is 0 Å². The number of likely N-dealkylation sites (tertiary alicyclic amines) is 1. The van der Waals surface area contributed by atoms with Crippen LogP contribution < -0.4 is 0 Å². The Morgan fingerprint density at radius 2 is 1.94 bits per heavy atom. The Kier molecular flexibility index (Phi) is 7.23. The minimum atomic E-state index is -0.509. The summed E-state index contributed by atoms with van der Waals surface area (Å²) in [6, 6.07) is 7.40. The number of ether oxygens (including phenoxy) is 2. The number of aliphatic imine (C=N–C) groups is 1. The monoisotopic (exact) mass is 472 g/mol. The predicted molar refractivity (Wildman–Crippen MR) is 128 cm³/mol. The molecule has 3 heterocycles. The van der Waals surface area contributed by atoms with Crippen LogP contribution in [0.15, 0.2) is 53.0 Å². The van der Waals surface area contributed by atoms with Gasteiger partial charge in [-0.1, -0.05) is 24.2 Å². The number of aliphatic hydroxyl groups is 1. The zero-order valence-electron chi connectivity index (χ0n) is 17.6. The number of piperidine rings is 1. The van der Waals surface area contributed by atoms with E-state index in [9.17, 15) is 9.90 Å². The Morgan fingerprint density at radius 1 is 1.22 bits per heavy atom. The molecule has 32 heavy (non-hydrogen) atoms. The molecule has 6 nitrogen and oxygen atoms in total. The first-order chi connectivity index (χ1) is 15.5. The lowest BCUT2D eigenvalue weighted by Crippen LogP contribution is -2.40. The molecule has 1 N–H and O–H groups in total. The molecular formula is C24H25ClN2O4S. The lowest BCUT2D eigenvalue weighted by atomic mass is 10.0. The maximum Gasteiger partial charge on any atom is 0.253 e. The smallest absolute Gasteiger partial charge is 0.253 e. The van der Waals surface area contributed by atoms with E-state index in [0.29, 0.717) is 55.4 Å². The van der Waals surface area contributed by atoms with Gasteiger partial charge in [-0.05, 0) is 60.4 Å². The summed E-state index contributed by atoms with van der Waals surface area (Å²) in [6.45, 7) is 9.91. The van der Waals surface area contributed by atoms with Crippen LogP contribution in [0.3, 0.4) is 0 Å². The molecule has 0 aliphatic carbocycles. The van der Waals surface area contributed by atoms with Gasteiger partial charge in [-0.3, -0.25) is 9.79 Å². The van der Waals surface area contributed by atoms with Gasteiger partial charge in [-0.2, -0.15) is 0 Å². The number of amides is 1. The first-order valence-electron chi connectivity index (χ1n) is 10.4. The summed E-state index contributed by atoms with van der Waals surface area (Å²) in [5.41, 5.74) is 3.70. The van der Waals surface area contributed by atoms with E-state index in [1.807, 2.05) is 23.6 Å². The summed E-state index contributed by atoms with van der Waals surface area (Å²) < 4.78 is 11.0. The fourth-order valence-electron chi connectivity index (χ4n) is 3.72. The molecule has 0 unspecified atom stereocenters. The van der Waals surface area contributed by atoms with Crippen molar-refractivity contribution in [3.05, 3.63) is 64.1 Å². The van der Waals surface area contributed by atoms with Crippen LogP contribution in [0.4, 0.5) is 0 Å². The lowest BCUT2D eigenvalue weighted by Gasteiger charge is -2.29. The fourth-order valence-corrected chi connectivity index (χ4v) is 5.04. The average Bonchev–Trinajstić information content (AvgIpc) is 3.50. The fraction of sp³-hybridized carbons (Fsp3) is 0.333. The molecule has 1 aromatic heterocycles. The van der Waals surface area contributed by atoms with Gasteiger partial charge in [0.15, 0.2) is 0 Å². The highest BCUT2D eigenvalue weighted by atomic mass is 35.5. The standard InChI is InChI=1S/C24H25ClN2O4S/c1-15(11-21(26-2)24-30-9-10-31-24)17-13-22(32-14-17)19-4-3-16(12-20(19)25)23(29)27-7-5-18(28)6-8-27/h3-4,11-14,18,24,28H,1-2,5-10H2/b21-11-. The summed E-state index contributed by atoms with van der Waals surface area (Å²) in [7, 11) is 0. The third-order valence-electron chi connectivity index (χ3n) is 5.57. The SMILES string of the molecule is C=N/C(=C\C(=C)c1csc(-c2ccc(C(=O)N3CCC(O)CC3)cc2Cl)c1)C1OCCO1. The van der Waals surface area contributed by atoms with Gasteiger partial charge >= 0.3 is 0 Å². The summed E-state index contributed by atoms with van der Waals surface area (Å²) in [6.07, 6.45) is 2.20. The van der Waals surface area contributed by atoms with E-state index >= 15 is 0 Å². The Balaban J connectivity index is 1.49. The second kappa shape index (κ2) is 10.1. The first kappa shape index (κ1) is 22.9. The Morgan fingerprint density at radius 3 is 2.59 bits per heavy atom. The van der Waals surface area contributed by atoms with Gasteiger partial charge in [0.05, 0.1) is 30.0 Å². The molecule has 1 amide bonds. The molecule has 2 aromatic rings. The number of benzene rings is 1. The molecule has 1 aromatic carbocycles. The summed E-state index contributed by atoms with van der Waals surface area (Å²) in [5, 5.41) is 12.2. The van der Waals surface area contributed by atoms with E-state index in [0.717, 1.165) is 21.6 Å². The molecule has 4 rings (SSSR count). The van der Waals surface area contributed by atoms with Crippen LogP contribution >= 0.6 is 22.9 Å². The molecule has 0 atom stereocenters. The van der Waals surface area contributed by atoms with Crippen molar-refractivity contribution in [2.45, 2.75) is 25.2 Å². The van der Waals surface area contributed by atoms with Crippen molar-refractivity contribution in [2.75, 3.05) is 26.3 Å². The molecule has 0 spiro atoms. The minimum Gasteiger partial charge on any atom is -0.393 e. The molecule has 2 fully saturated rings. The molecule has 2 saturated heterocycles. The molecule has 168 valence electrons. The number of aliphatic hydroxyl groups excluding tert-OH is 1. The molecule has 0 radical (unpaired) electrons. The maximum absolute atomic E-state index is 12.8. The van der Waals surface area contributed by atoms with Crippen LogP contribution in [-0.4, -0.2) is 61.3 Å². The highest BCUT2D eigenvalue weighted by Gasteiger charge is 2.23. The van der Waals surface area contributed by atoms with E-state index in [4.69, 9.17) is 21.1 Å². The third kappa shape index (κ3) is 5.03. The van der Waals surface area contributed by atoms with Crippen LogP contribution in [0.1, 0.15) is 28.8 Å². The summed E-state index contributed by atoms with van der Waals surface area (Å²) in [4.78, 5) is 19.5. The van der Waals surface area contributed by atoms with Crippen LogP contribution in [0, 0.1) is 0 Å². The molecule has 8 heteroatoms. The van der Waals surface area contributed by atoms with Crippen molar-refractivity contribution < 1.29 is 19.4 Å². The van der Waals surface area contributed by atoms with Crippen LogP contribution in [0.25, 0.3) is 16.0 Å². The molecule has 0 saturated carbocycles. The van der Waals surface area contributed by atoms with Gasteiger partial charge in [0.25, 0.3) is 5.91 Å². The largest absolute Gasteiger partial charge is 0.393 e. The zero-order valence-corrected chi connectivity index (χ0v) is 19.2. The Labute approximate surface area is 196 Å². The van der Waals surface area contributed by atoms with Gasteiger partial charge in [-0.25, -0.2) is 0 Å². The van der Waals surface area contributed by atoms with Crippen molar-refractivity contribution >= 4 is 41.1 Å². The van der Waals surface area contributed by atoms with Crippen LogP contribution in [0.2, 0.25) is 5.02 Å². The molecule has 2 aliphatic rings. The minimum absolute atomic E-state index is 0.0588. The van der Waals surface area contributed by atoms with Gasteiger partial charge in [0, 0.05) is 29.1 Å². The zero-order chi connectivity index (χ0) is 22.7. The normalized spacial score (nSPS) is 18.2. The van der Waals surface area contributed by atoms with E-state index < -0.39 is 6.29 Å². The number of hydrogen-bond acceptors (Lipinski definition) is 6. The second-order valence-electron chi connectivity index (χ2n) is 7.74. The van der Waals surface area contributed by atoms with Crippen LogP contribution in [0.5, 0.6) is 0 Å². The summed E-state index contributed by atoms with van der Waals surface area (Å²) >= 11 is 8.11. The predicted octanol–water partition coefficient (Wildman–Crippen LogP) is 4.64. The number of carbonyl (C=O) groups is 1. The highest BCUT2D eigenvalue weighted by Crippen LogP contribution is 2.36. The van der Waals surface area contributed by atoms with Crippen molar-refractivity contribution in [3.8, 4) is 10.4 Å². The average molecular weight is 473 g/mol. The quantitative estimate of drug-likeness (QED) is 0.491. The number of thiophene rings is 1. The van der Waals surface area contributed by atoms with E-state index in [1.54, 1.807) is 28.4 Å². The first-order valence-corrected chi connectivity index (χ1v) is 11.7. The van der Waals surface area contributed by atoms with Crippen molar-refractivity contribution in [2.24, 2.45) is 4.99 Å². The molecule has 2 aliphatic heterocycles. The Bertz CT molecular complexity index is 1050. The van der Waals surface area contributed by atoms with E-state index in [-0.39, 0.29) is 12.0 Å². The number of carbonyl (C=O) groups excluding carboxylic acids is 1. The second-order valence-corrected chi connectivity index (χ2v) is 9.06. The van der Waals surface area contributed by atoms with Gasteiger partial charge < -0.3 is 19.5 Å². The van der Waals surface area contributed by atoms with E-state index in [2.05, 4.69) is 18.3 Å². The number of hydrogen-bond donors (Lipinski definition) is 1. The van der Waals surface area contributed by atoms with Crippen molar-refractivity contribution in [3.63, 3.8) is 0 Å². The number of nitrogens with zero attached hydrogens (tertiary/aromatic N) is 2. The van der Waals surface area contributed by atoms with Gasteiger partial charge in [0.2, 0.25) is 6.29 Å². The Hall–Kier alpha value is -2.29. The number of allylic oxidation sites excluding steroid dienone is 2. The molecule has 0 bridgehead atoms. The maximum atomic E-state index is 12.8. The number of halogens is 1. The van der Waals surface area contributed by atoms with Crippen LogP contribution in [-0.2, 0) is 9.47 Å². The van der Waals surface area contributed by atoms with Gasteiger partial charge in [-0.15, -0.1) is 11.3 Å². The lowest BCUT2D eigenvalue weighted by molar-refractivity contribution is -0.0117. The topological polar surface area (TPSA) is 71.4 Å².